The molecule has 0 radical (unpaired) electrons. The minimum absolute atomic E-state index is 0.0373. The van der Waals surface area contributed by atoms with Crippen LogP contribution >= 0.6 is 7.82 Å². The monoisotopic (exact) mass is 1110 g/mol. The standard InChI is InChI=1S/C67H134NO8P/c1-6-8-10-12-14-16-18-20-21-22-23-24-25-26-27-28-29-30-31-32-33-34-35-36-37-38-39-40-41-42-43-44-45-46-47-48-50-52-54-56-58-60-67(70)76-65(64-75-77(71,72)74-62-61-68(3,4)5)63-73-66(69)59-57-55-53-51-49-19-17-15-13-11-9-7-2/h65H,6-64H2,1-5H3/p+1. The van der Waals surface area contributed by atoms with E-state index in [1.165, 1.54) is 302 Å². The van der Waals surface area contributed by atoms with Crippen LogP contribution in [0.3, 0.4) is 0 Å². The summed E-state index contributed by atoms with van der Waals surface area (Å²) in [6.07, 6.45) is 71.1. The fourth-order valence-electron chi connectivity index (χ4n) is 10.6. The molecule has 0 amide bonds. The minimum Gasteiger partial charge on any atom is -0.462 e. The first-order valence-electron chi connectivity index (χ1n) is 34.3. The number of phosphoric ester groups is 1. The van der Waals surface area contributed by atoms with Crippen LogP contribution in [-0.2, 0) is 32.7 Å². The molecule has 0 fully saturated rings. The van der Waals surface area contributed by atoms with E-state index in [2.05, 4.69) is 13.8 Å². The molecular formula is C67H135NO8P+. The maximum atomic E-state index is 12.8. The second kappa shape index (κ2) is 59.6. The van der Waals surface area contributed by atoms with Gasteiger partial charge in [0, 0.05) is 12.8 Å². The average molecular weight is 1110 g/mol. The third-order valence-corrected chi connectivity index (χ3v) is 16.9. The highest BCUT2D eigenvalue weighted by Crippen LogP contribution is 2.43. The van der Waals surface area contributed by atoms with Gasteiger partial charge < -0.3 is 18.9 Å². The van der Waals surface area contributed by atoms with E-state index in [0.717, 1.165) is 38.5 Å². The lowest BCUT2D eigenvalue weighted by atomic mass is 10.0. The second-order valence-corrected chi connectivity index (χ2v) is 26.4. The van der Waals surface area contributed by atoms with Crippen LogP contribution in [0.4, 0.5) is 0 Å². The molecule has 0 rings (SSSR count). The Morgan fingerprint density at radius 2 is 0.584 bits per heavy atom. The lowest BCUT2D eigenvalue weighted by Gasteiger charge is -2.24. The molecule has 10 heteroatoms. The van der Waals surface area contributed by atoms with E-state index in [0.29, 0.717) is 17.4 Å². The number of likely N-dealkylation sites (N-methyl/N-ethyl adjacent to an activating group) is 1. The molecule has 0 aromatic carbocycles. The molecule has 0 aliphatic carbocycles. The normalized spacial score (nSPS) is 13.1. The number of carbonyl (C=O) groups excluding carboxylic acids is 2. The van der Waals surface area contributed by atoms with E-state index in [1.54, 1.807) is 0 Å². The van der Waals surface area contributed by atoms with Gasteiger partial charge in [0.2, 0.25) is 0 Å². The molecule has 9 nitrogen and oxygen atoms in total. The largest absolute Gasteiger partial charge is 0.472 e. The number of nitrogens with zero attached hydrogens (tertiary/aromatic N) is 1. The van der Waals surface area contributed by atoms with Gasteiger partial charge in [-0.15, -0.1) is 0 Å². The van der Waals surface area contributed by atoms with E-state index in [-0.39, 0.29) is 25.6 Å². The van der Waals surface area contributed by atoms with E-state index >= 15 is 0 Å². The topological polar surface area (TPSA) is 108 Å². The molecule has 0 aromatic heterocycles. The summed E-state index contributed by atoms with van der Waals surface area (Å²) >= 11 is 0. The predicted octanol–water partition coefficient (Wildman–Crippen LogP) is 21.8. The van der Waals surface area contributed by atoms with Gasteiger partial charge in [0.25, 0.3) is 0 Å². The summed E-state index contributed by atoms with van der Waals surface area (Å²) in [7, 11) is 1.50. The maximum Gasteiger partial charge on any atom is 0.472 e. The summed E-state index contributed by atoms with van der Waals surface area (Å²) in [4.78, 5) is 35.6. The van der Waals surface area contributed by atoms with Crippen molar-refractivity contribution in [1.29, 1.82) is 0 Å². The van der Waals surface area contributed by atoms with E-state index in [4.69, 9.17) is 18.5 Å². The molecule has 0 aromatic rings. The molecule has 0 spiro atoms. The van der Waals surface area contributed by atoms with Crippen molar-refractivity contribution in [2.45, 2.75) is 373 Å². The lowest BCUT2D eigenvalue weighted by Crippen LogP contribution is -2.37. The minimum atomic E-state index is -4.38. The molecule has 0 bridgehead atoms. The van der Waals surface area contributed by atoms with Crippen molar-refractivity contribution >= 4 is 19.8 Å². The van der Waals surface area contributed by atoms with Crippen molar-refractivity contribution in [3.05, 3.63) is 0 Å². The highest BCUT2D eigenvalue weighted by atomic mass is 31.2. The van der Waals surface area contributed by atoms with Gasteiger partial charge in [-0.25, -0.2) is 4.57 Å². The fraction of sp³-hybridized carbons (Fsp3) is 0.970. The Morgan fingerprint density at radius 3 is 0.831 bits per heavy atom. The molecule has 1 N–H and O–H groups in total. The van der Waals surface area contributed by atoms with E-state index in [9.17, 15) is 19.0 Å². The summed E-state index contributed by atoms with van der Waals surface area (Å²) in [5, 5.41) is 0. The number of ether oxygens (including phenoxy) is 2. The molecule has 0 aliphatic rings. The Bertz CT molecular complexity index is 1260. The lowest BCUT2D eigenvalue weighted by molar-refractivity contribution is -0.870. The molecule has 460 valence electrons. The Balaban J connectivity index is 3.76. The molecule has 0 aliphatic heterocycles. The van der Waals surface area contributed by atoms with E-state index < -0.39 is 26.5 Å². The number of unbranched alkanes of at least 4 members (excludes halogenated alkanes) is 51. The van der Waals surface area contributed by atoms with Crippen LogP contribution in [0.25, 0.3) is 0 Å². The van der Waals surface area contributed by atoms with Crippen LogP contribution in [0.15, 0.2) is 0 Å². The van der Waals surface area contributed by atoms with Crippen LogP contribution in [0.5, 0.6) is 0 Å². The van der Waals surface area contributed by atoms with Gasteiger partial charge in [0.15, 0.2) is 6.10 Å². The molecule has 77 heavy (non-hydrogen) atoms. The molecule has 2 unspecified atom stereocenters. The number of hydrogen-bond donors (Lipinski definition) is 1. The summed E-state index contributed by atoms with van der Waals surface area (Å²) in [5.74, 6) is -0.775. The molecule has 0 saturated carbocycles. The highest BCUT2D eigenvalue weighted by molar-refractivity contribution is 7.47. The Morgan fingerprint density at radius 1 is 0.351 bits per heavy atom. The van der Waals surface area contributed by atoms with Gasteiger partial charge in [-0.2, -0.15) is 0 Å². The van der Waals surface area contributed by atoms with Crippen molar-refractivity contribution in [2.24, 2.45) is 0 Å². The smallest absolute Gasteiger partial charge is 0.462 e. The fourth-order valence-corrected chi connectivity index (χ4v) is 11.4. The zero-order valence-electron chi connectivity index (χ0n) is 52.5. The Hall–Kier alpha value is -0.990. The first kappa shape index (κ1) is 76.0. The van der Waals surface area contributed by atoms with E-state index in [1.807, 2.05) is 21.1 Å². The number of esters is 2. The third kappa shape index (κ3) is 64.1. The maximum absolute atomic E-state index is 12.8. The second-order valence-electron chi connectivity index (χ2n) is 24.9. The Labute approximate surface area is 480 Å². The van der Waals surface area contributed by atoms with Gasteiger partial charge in [-0.3, -0.25) is 18.6 Å². The van der Waals surface area contributed by atoms with Gasteiger partial charge in [0.05, 0.1) is 27.7 Å². The average Bonchev–Trinajstić information content (AvgIpc) is 3.39. The SMILES string of the molecule is CCCCCCCCCCCCCCCCCCCCCCCCCCCCCCCCCCCCCCCCCCCC(=O)OC(COC(=O)CCCCCCCCCCCCCC)COP(=O)(O)OCC[N+](C)(C)C. The van der Waals surface area contributed by atoms with Crippen molar-refractivity contribution in [1.82, 2.24) is 0 Å². The van der Waals surface area contributed by atoms with Crippen molar-refractivity contribution in [2.75, 3.05) is 47.5 Å². The number of quaternary nitrogens is 1. The summed E-state index contributed by atoms with van der Waals surface area (Å²) < 4.78 is 34.6. The molecule has 2 atom stereocenters. The van der Waals surface area contributed by atoms with Gasteiger partial charge >= 0.3 is 19.8 Å². The van der Waals surface area contributed by atoms with Gasteiger partial charge in [-0.05, 0) is 12.8 Å². The van der Waals surface area contributed by atoms with Crippen molar-refractivity contribution < 1.29 is 42.1 Å². The van der Waals surface area contributed by atoms with Crippen molar-refractivity contribution in [3.63, 3.8) is 0 Å². The first-order valence-corrected chi connectivity index (χ1v) is 35.8. The number of phosphoric acid groups is 1. The number of hydrogen-bond acceptors (Lipinski definition) is 7. The molecule has 0 heterocycles. The van der Waals surface area contributed by atoms with Crippen LogP contribution < -0.4 is 0 Å². The highest BCUT2D eigenvalue weighted by Gasteiger charge is 2.27. The van der Waals surface area contributed by atoms with Crippen molar-refractivity contribution in [3.8, 4) is 0 Å². The Kier molecular flexibility index (Phi) is 58.9. The van der Waals surface area contributed by atoms with Crippen LogP contribution in [0.1, 0.15) is 367 Å². The zero-order valence-corrected chi connectivity index (χ0v) is 53.4. The quantitative estimate of drug-likeness (QED) is 0.0278. The zero-order chi connectivity index (χ0) is 56.3. The van der Waals surface area contributed by atoms with Gasteiger partial charge in [0.1, 0.15) is 19.8 Å². The third-order valence-electron chi connectivity index (χ3n) is 15.9. The summed E-state index contributed by atoms with van der Waals surface area (Å²) in [6.45, 7) is 4.50. The summed E-state index contributed by atoms with van der Waals surface area (Å²) in [5.41, 5.74) is 0. The van der Waals surface area contributed by atoms with Crippen LogP contribution in [0.2, 0.25) is 0 Å². The number of rotatable bonds is 65. The summed E-state index contributed by atoms with van der Waals surface area (Å²) in [6, 6.07) is 0. The van der Waals surface area contributed by atoms with Crippen LogP contribution in [0, 0.1) is 0 Å². The first-order chi connectivity index (χ1) is 37.5. The number of carbonyl (C=O) groups is 2. The van der Waals surface area contributed by atoms with Gasteiger partial charge in [-0.1, -0.05) is 341 Å². The molecular weight excluding hydrogens is 978 g/mol. The predicted molar refractivity (Wildman–Crippen MR) is 331 cm³/mol. The van der Waals surface area contributed by atoms with Crippen LogP contribution in [-0.4, -0.2) is 74.9 Å². The molecule has 0 saturated heterocycles.